The average molecular weight is 446 g/mol. The van der Waals surface area contributed by atoms with Gasteiger partial charge in [0.15, 0.2) is 0 Å². The zero-order valence-electron chi connectivity index (χ0n) is 16.3. The second kappa shape index (κ2) is 8.70. The highest BCUT2D eigenvalue weighted by Gasteiger charge is 2.12. The van der Waals surface area contributed by atoms with Gasteiger partial charge in [0.25, 0.3) is 0 Å². The quantitative estimate of drug-likeness (QED) is 0.411. The highest BCUT2D eigenvalue weighted by molar-refractivity contribution is 7.89. The molecule has 0 aliphatic rings. The van der Waals surface area contributed by atoms with Crippen LogP contribution in [0.5, 0.6) is 0 Å². The molecule has 0 saturated carbocycles. The first-order valence-electron chi connectivity index (χ1n) is 8.83. The minimum atomic E-state index is -3.75. The van der Waals surface area contributed by atoms with Crippen LogP contribution in [0.25, 0.3) is 5.69 Å². The molecule has 1 heterocycles. The monoisotopic (exact) mass is 445 g/mol. The van der Waals surface area contributed by atoms with Crippen LogP contribution < -0.4 is 15.9 Å². The molecule has 0 saturated heterocycles. The number of hydrazone groups is 1. The van der Waals surface area contributed by atoms with Crippen molar-refractivity contribution in [3.63, 3.8) is 0 Å². The maximum absolute atomic E-state index is 12.0. The fourth-order valence-corrected chi connectivity index (χ4v) is 3.69. The van der Waals surface area contributed by atoms with Gasteiger partial charge in [0, 0.05) is 33.3 Å². The SMILES string of the molecule is Cc1cc(/C=N/NC(=O)Nc2cccc(Cl)c2)c(C)n1-c1ccc(S(N)(=O)=O)cc1. The molecule has 0 bridgehead atoms. The summed E-state index contributed by atoms with van der Waals surface area (Å²) in [5.74, 6) is 0. The smallest absolute Gasteiger partial charge is 0.318 e. The van der Waals surface area contributed by atoms with Crippen LogP contribution in [0, 0.1) is 13.8 Å². The topological polar surface area (TPSA) is 119 Å². The number of carbonyl (C=O) groups excluding carboxylic acids is 1. The van der Waals surface area contributed by atoms with Crippen LogP contribution in [0.2, 0.25) is 5.02 Å². The van der Waals surface area contributed by atoms with Gasteiger partial charge in [0.1, 0.15) is 0 Å². The summed E-state index contributed by atoms with van der Waals surface area (Å²) in [6.07, 6.45) is 1.54. The van der Waals surface area contributed by atoms with Crippen molar-refractivity contribution in [2.45, 2.75) is 18.7 Å². The molecule has 0 radical (unpaired) electrons. The van der Waals surface area contributed by atoms with E-state index in [0.717, 1.165) is 22.6 Å². The zero-order valence-corrected chi connectivity index (χ0v) is 17.8. The second-order valence-corrected chi connectivity index (χ2v) is 8.53. The Morgan fingerprint density at radius 1 is 1.13 bits per heavy atom. The van der Waals surface area contributed by atoms with Gasteiger partial charge in [-0.1, -0.05) is 17.7 Å². The third kappa shape index (κ3) is 5.07. The number of urea groups is 1. The van der Waals surface area contributed by atoms with E-state index in [0.29, 0.717) is 10.7 Å². The molecule has 2 amide bonds. The molecule has 0 fully saturated rings. The van der Waals surface area contributed by atoms with E-state index in [1.807, 2.05) is 24.5 Å². The summed E-state index contributed by atoms with van der Waals surface area (Å²) in [4.78, 5) is 12.0. The van der Waals surface area contributed by atoms with E-state index < -0.39 is 16.1 Å². The minimum Gasteiger partial charge on any atom is -0.318 e. The van der Waals surface area contributed by atoms with Crippen LogP contribution in [-0.2, 0) is 10.0 Å². The highest BCUT2D eigenvalue weighted by Crippen LogP contribution is 2.21. The van der Waals surface area contributed by atoms with Crippen molar-refractivity contribution < 1.29 is 13.2 Å². The number of nitrogens with zero attached hydrogens (tertiary/aromatic N) is 2. The Bertz CT molecular complexity index is 1220. The number of sulfonamides is 1. The molecular weight excluding hydrogens is 426 g/mol. The summed E-state index contributed by atoms with van der Waals surface area (Å²) in [5.41, 5.74) is 6.33. The number of aryl methyl sites for hydroxylation is 1. The Hall–Kier alpha value is -3.14. The summed E-state index contributed by atoms with van der Waals surface area (Å²) in [6, 6.07) is 14.5. The van der Waals surface area contributed by atoms with Crippen LogP contribution >= 0.6 is 11.6 Å². The van der Waals surface area contributed by atoms with Crippen LogP contribution in [0.1, 0.15) is 17.0 Å². The van der Waals surface area contributed by atoms with Crippen LogP contribution in [-0.4, -0.2) is 25.2 Å². The minimum absolute atomic E-state index is 0.0467. The number of rotatable bonds is 5. The van der Waals surface area contributed by atoms with E-state index in [9.17, 15) is 13.2 Å². The molecule has 1 aromatic heterocycles. The summed E-state index contributed by atoms with van der Waals surface area (Å²) in [6.45, 7) is 3.81. The molecule has 30 heavy (non-hydrogen) atoms. The second-order valence-electron chi connectivity index (χ2n) is 6.54. The zero-order chi connectivity index (χ0) is 21.9. The van der Waals surface area contributed by atoms with Crippen molar-refractivity contribution in [1.82, 2.24) is 9.99 Å². The summed E-state index contributed by atoms with van der Waals surface area (Å²) >= 11 is 5.89. The van der Waals surface area contributed by atoms with E-state index in [1.54, 1.807) is 36.4 Å². The number of hydrogen-bond acceptors (Lipinski definition) is 4. The normalized spacial score (nSPS) is 11.6. The van der Waals surface area contributed by atoms with Gasteiger partial charge in [-0.25, -0.2) is 23.8 Å². The molecule has 2 aromatic carbocycles. The maximum Gasteiger partial charge on any atom is 0.339 e. The molecule has 0 spiro atoms. The van der Waals surface area contributed by atoms with Crippen LogP contribution in [0.4, 0.5) is 10.5 Å². The van der Waals surface area contributed by atoms with Gasteiger partial charge in [-0.3, -0.25) is 0 Å². The first-order chi connectivity index (χ1) is 14.1. The number of amides is 2. The standard InChI is InChI=1S/C20H20ClN5O3S/c1-13-10-15(12-23-25-20(27)24-17-5-3-4-16(21)11-17)14(2)26(13)18-6-8-19(9-7-18)30(22,28)29/h3-12H,1-2H3,(H2,22,28,29)(H2,24,25,27)/b23-12+. The van der Waals surface area contributed by atoms with Crippen molar-refractivity contribution in [2.24, 2.45) is 10.2 Å². The lowest BCUT2D eigenvalue weighted by Gasteiger charge is -2.10. The van der Waals surface area contributed by atoms with Crippen molar-refractivity contribution in [2.75, 3.05) is 5.32 Å². The first-order valence-corrected chi connectivity index (χ1v) is 10.8. The average Bonchev–Trinajstić information content (AvgIpc) is 2.94. The van der Waals surface area contributed by atoms with Gasteiger partial charge in [0.2, 0.25) is 10.0 Å². The van der Waals surface area contributed by atoms with Gasteiger partial charge in [-0.05, 0) is 62.4 Å². The van der Waals surface area contributed by atoms with E-state index in [-0.39, 0.29) is 4.90 Å². The van der Waals surface area contributed by atoms with Gasteiger partial charge < -0.3 is 9.88 Å². The van der Waals surface area contributed by atoms with E-state index in [4.69, 9.17) is 16.7 Å². The largest absolute Gasteiger partial charge is 0.339 e. The third-order valence-corrected chi connectivity index (χ3v) is 5.51. The number of primary sulfonamides is 1. The van der Waals surface area contributed by atoms with Crippen molar-refractivity contribution in [3.05, 3.63) is 76.6 Å². The molecule has 0 unspecified atom stereocenters. The lowest BCUT2D eigenvalue weighted by atomic mass is 10.2. The van der Waals surface area contributed by atoms with Gasteiger partial charge in [-0.2, -0.15) is 5.10 Å². The Balaban J connectivity index is 1.73. The Morgan fingerprint density at radius 2 is 1.83 bits per heavy atom. The van der Waals surface area contributed by atoms with Crippen molar-refractivity contribution in [3.8, 4) is 5.69 Å². The molecule has 8 nitrogen and oxygen atoms in total. The molecule has 3 aromatic rings. The van der Waals surface area contributed by atoms with Crippen LogP contribution in [0.3, 0.4) is 0 Å². The molecule has 156 valence electrons. The fourth-order valence-electron chi connectivity index (χ4n) is 2.99. The molecule has 3 rings (SSSR count). The molecule has 0 aliphatic heterocycles. The van der Waals surface area contributed by atoms with Gasteiger partial charge in [0.05, 0.1) is 11.1 Å². The predicted molar refractivity (Wildman–Crippen MR) is 118 cm³/mol. The Labute approximate surface area is 179 Å². The van der Waals surface area contributed by atoms with E-state index >= 15 is 0 Å². The van der Waals surface area contributed by atoms with Crippen molar-refractivity contribution >= 4 is 39.6 Å². The first kappa shape index (κ1) is 21.6. The van der Waals surface area contributed by atoms with E-state index in [2.05, 4.69) is 15.8 Å². The number of halogens is 1. The molecular formula is C20H20ClN5O3S. The predicted octanol–water partition coefficient (Wildman–Crippen LogP) is 3.55. The Morgan fingerprint density at radius 3 is 2.47 bits per heavy atom. The number of nitrogens with two attached hydrogens (primary N) is 1. The summed E-state index contributed by atoms with van der Waals surface area (Å²) < 4.78 is 24.8. The summed E-state index contributed by atoms with van der Waals surface area (Å²) in [5, 5.41) is 12.3. The lowest BCUT2D eigenvalue weighted by molar-refractivity contribution is 0.252. The molecule has 10 heteroatoms. The van der Waals surface area contributed by atoms with Crippen LogP contribution in [0.15, 0.2) is 64.6 Å². The molecule has 0 atom stereocenters. The molecule has 4 N–H and O–H groups in total. The third-order valence-electron chi connectivity index (χ3n) is 4.35. The summed E-state index contributed by atoms with van der Waals surface area (Å²) in [7, 11) is -3.75. The number of carbonyl (C=O) groups is 1. The van der Waals surface area contributed by atoms with E-state index in [1.165, 1.54) is 18.3 Å². The Kier molecular flexibility index (Phi) is 6.25. The number of aromatic nitrogens is 1. The maximum atomic E-state index is 12.0. The van der Waals surface area contributed by atoms with Crippen molar-refractivity contribution in [1.29, 1.82) is 0 Å². The number of anilines is 1. The number of benzene rings is 2. The highest BCUT2D eigenvalue weighted by atomic mass is 35.5. The lowest BCUT2D eigenvalue weighted by Crippen LogP contribution is -2.24. The van der Waals surface area contributed by atoms with Gasteiger partial charge >= 0.3 is 6.03 Å². The number of nitrogens with one attached hydrogen (secondary N) is 2. The number of hydrogen-bond donors (Lipinski definition) is 3. The van der Waals surface area contributed by atoms with Gasteiger partial charge in [-0.15, -0.1) is 0 Å². The molecule has 0 aliphatic carbocycles. The fraction of sp³-hybridized carbons (Fsp3) is 0.100.